The summed E-state index contributed by atoms with van der Waals surface area (Å²) in [6.45, 7) is 7.08. The van der Waals surface area contributed by atoms with Crippen LogP contribution in [0, 0.1) is 0 Å². The van der Waals surface area contributed by atoms with E-state index < -0.39 is 0 Å². The maximum Gasteiger partial charge on any atom is 0.119 e. The topological polar surface area (TPSA) is 24.5 Å². The van der Waals surface area contributed by atoms with Crippen LogP contribution in [0.25, 0.3) is 0 Å². The van der Waals surface area contributed by atoms with Gasteiger partial charge in [-0.1, -0.05) is 25.1 Å². The van der Waals surface area contributed by atoms with Gasteiger partial charge in [0.1, 0.15) is 12.4 Å². The number of rotatable bonds is 8. The molecule has 0 saturated heterocycles. The van der Waals surface area contributed by atoms with E-state index in [2.05, 4.69) is 17.1 Å². The van der Waals surface area contributed by atoms with Crippen molar-refractivity contribution in [2.24, 2.45) is 0 Å². The molecule has 0 radical (unpaired) electrons. The number of hydrogen-bond donors (Lipinski definition) is 1. The third kappa shape index (κ3) is 5.14. The molecule has 0 bridgehead atoms. The molecule has 0 amide bonds. The Morgan fingerprint density at radius 2 is 1.94 bits per heavy atom. The van der Waals surface area contributed by atoms with Gasteiger partial charge >= 0.3 is 0 Å². The molecule has 3 nitrogen and oxygen atoms in total. The van der Waals surface area contributed by atoms with Gasteiger partial charge in [-0.3, -0.25) is 4.90 Å². The molecule has 0 unspecified atom stereocenters. The summed E-state index contributed by atoms with van der Waals surface area (Å²) in [6, 6.07) is 9.97. The van der Waals surface area contributed by atoms with E-state index in [9.17, 15) is 0 Å². The molecule has 0 aliphatic rings. The molecule has 0 saturated carbocycles. The molecule has 1 aromatic rings. The predicted octanol–water partition coefficient (Wildman–Crippen LogP) is 1.61. The Morgan fingerprint density at radius 1 is 1.19 bits per heavy atom. The highest BCUT2D eigenvalue weighted by Crippen LogP contribution is 2.07. The fourth-order valence-electron chi connectivity index (χ4n) is 1.51. The smallest absolute Gasteiger partial charge is 0.119 e. The van der Waals surface area contributed by atoms with Crippen LogP contribution in [-0.2, 0) is 0 Å². The SMILES string of the molecule is CCN(CCNC)CCOc1ccccc1. The van der Waals surface area contributed by atoms with Crippen LogP contribution in [0.15, 0.2) is 30.3 Å². The van der Waals surface area contributed by atoms with E-state index >= 15 is 0 Å². The minimum atomic E-state index is 0.752. The molecule has 1 aromatic carbocycles. The van der Waals surface area contributed by atoms with Crippen molar-refractivity contribution < 1.29 is 4.74 Å². The number of likely N-dealkylation sites (N-methyl/N-ethyl adjacent to an activating group) is 2. The van der Waals surface area contributed by atoms with Gasteiger partial charge in [0.15, 0.2) is 0 Å². The predicted molar refractivity (Wildman–Crippen MR) is 68.0 cm³/mol. The van der Waals surface area contributed by atoms with Crippen LogP contribution in [0.1, 0.15) is 6.92 Å². The number of para-hydroxylation sites is 1. The van der Waals surface area contributed by atoms with Crippen molar-refractivity contribution in [3.63, 3.8) is 0 Å². The summed E-state index contributed by atoms with van der Waals surface area (Å²) in [5.74, 6) is 0.951. The number of benzene rings is 1. The van der Waals surface area contributed by atoms with E-state index in [1.807, 2.05) is 37.4 Å². The zero-order chi connectivity index (χ0) is 11.6. The number of ether oxygens (including phenoxy) is 1. The van der Waals surface area contributed by atoms with E-state index in [1.54, 1.807) is 0 Å². The van der Waals surface area contributed by atoms with E-state index in [4.69, 9.17) is 4.74 Å². The quantitative estimate of drug-likeness (QED) is 0.723. The lowest BCUT2D eigenvalue weighted by Gasteiger charge is -2.20. The molecule has 0 aliphatic carbocycles. The Kier molecular flexibility index (Phi) is 6.61. The fraction of sp³-hybridized carbons (Fsp3) is 0.538. The van der Waals surface area contributed by atoms with Gasteiger partial charge in [0, 0.05) is 19.6 Å². The van der Waals surface area contributed by atoms with Gasteiger partial charge in [-0.05, 0) is 25.7 Å². The lowest BCUT2D eigenvalue weighted by Crippen LogP contribution is -2.33. The van der Waals surface area contributed by atoms with Crippen LogP contribution in [0.4, 0.5) is 0 Å². The largest absolute Gasteiger partial charge is 0.492 e. The summed E-state index contributed by atoms with van der Waals surface area (Å²) in [5.41, 5.74) is 0. The highest BCUT2D eigenvalue weighted by atomic mass is 16.5. The Balaban J connectivity index is 2.18. The van der Waals surface area contributed by atoms with Gasteiger partial charge < -0.3 is 10.1 Å². The molecular formula is C13H22N2O. The van der Waals surface area contributed by atoms with Crippen LogP contribution < -0.4 is 10.1 Å². The van der Waals surface area contributed by atoms with Gasteiger partial charge in [0.05, 0.1) is 0 Å². The second kappa shape index (κ2) is 8.13. The molecule has 0 aliphatic heterocycles. The highest BCUT2D eigenvalue weighted by molar-refractivity contribution is 5.20. The fourth-order valence-corrected chi connectivity index (χ4v) is 1.51. The molecular weight excluding hydrogens is 200 g/mol. The second-order valence-electron chi connectivity index (χ2n) is 3.70. The first-order valence-corrected chi connectivity index (χ1v) is 5.91. The monoisotopic (exact) mass is 222 g/mol. The lowest BCUT2D eigenvalue weighted by atomic mass is 10.3. The summed E-state index contributed by atoms with van der Waals surface area (Å²) >= 11 is 0. The zero-order valence-electron chi connectivity index (χ0n) is 10.3. The average molecular weight is 222 g/mol. The Hall–Kier alpha value is -1.06. The Bertz CT molecular complexity index is 264. The van der Waals surface area contributed by atoms with Crippen molar-refractivity contribution in [1.29, 1.82) is 0 Å². The molecule has 0 atom stereocenters. The van der Waals surface area contributed by atoms with Gasteiger partial charge in [-0.15, -0.1) is 0 Å². The van der Waals surface area contributed by atoms with Crippen LogP contribution in [-0.4, -0.2) is 44.7 Å². The van der Waals surface area contributed by atoms with Crippen molar-refractivity contribution in [2.45, 2.75) is 6.92 Å². The molecule has 0 spiro atoms. The first kappa shape index (κ1) is 13.0. The van der Waals surface area contributed by atoms with Crippen LogP contribution in [0.5, 0.6) is 5.75 Å². The van der Waals surface area contributed by atoms with Gasteiger partial charge in [-0.25, -0.2) is 0 Å². The van der Waals surface area contributed by atoms with Crippen LogP contribution in [0.2, 0.25) is 0 Å². The molecule has 90 valence electrons. The minimum absolute atomic E-state index is 0.752. The first-order valence-electron chi connectivity index (χ1n) is 5.91. The minimum Gasteiger partial charge on any atom is -0.492 e. The van der Waals surface area contributed by atoms with E-state index in [-0.39, 0.29) is 0 Å². The second-order valence-corrected chi connectivity index (χ2v) is 3.70. The van der Waals surface area contributed by atoms with E-state index in [1.165, 1.54) is 0 Å². The van der Waals surface area contributed by atoms with Gasteiger partial charge in [-0.2, -0.15) is 0 Å². The van der Waals surface area contributed by atoms with E-state index in [0.29, 0.717) is 0 Å². The van der Waals surface area contributed by atoms with Gasteiger partial charge in [0.25, 0.3) is 0 Å². The summed E-state index contributed by atoms with van der Waals surface area (Å²) in [6.07, 6.45) is 0. The van der Waals surface area contributed by atoms with Crippen LogP contribution >= 0.6 is 0 Å². The molecule has 3 heteroatoms. The zero-order valence-corrected chi connectivity index (χ0v) is 10.3. The summed E-state index contributed by atoms with van der Waals surface area (Å²) in [7, 11) is 1.98. The summed E-state index contributed by atoms with van der Waals surface area (Å²) in [5, 5.41) is 3.16. The first-order chi connectivity index (χ1) is 7.86. The Morgan fingerprint density at radius 3 is 2.56 bits per heavy atom. The number of nitrogens with one attached hydrogen (secondary N) is 1. The molecule has 0 heterocycles. The number of nitrogens with zero attached hydrogens (tertiary/aromatic N) is 1. The molecule has 0 aromatic heterocycles. The maximum absolute atomic E-state index is 5.66. The van der Waals surface area contributed by atoms with Crippen molar-refractivity contribution in [2.75, 3.05) is 39.8 Å². The number of hydrogen-bond acceptors (Lipinski definition) is 3. The maximum atomic E-state index is 5.66. The van der Waals surface area contributed by atoms with Crippen LogP contribution in [0.3, 0.4) is 0 Å². The normalized spacial score (nSPS) is 10.7. The standard InChI is InChI=1S/C13H22N2O/c1-3-15(10-9-14-2)11-12-16-13-7-5-4-6-8-13/h4-8,14H,3,9-12H2,1-2H3. The lowest BCUT2D eigenvalue weighted by molar-refractivity contribution is 0.217. The third-order valence-electron chi connectivity index (χ3n) is 2.54. The van der Waals surface area contributed by atoms with Crippen molar-refractivity contribution >= 4 is 0 Å². The Labute approximate surface area is 98.4 Å². The van der Waals surface area contributed by atoms with E-state index in [0.717, 1.165) is 38.5 Å². The molecule has 16 heavy (non-hydrogen) atoms. The molecule has 1 N–H and O–H groups in total. The summed E-state index contributed by atoms with van der Waals surface area (Å²) in [4.78, 5) is 2.37. The highest BCUT2D eigenvalue weighted by Gasteiger charge is 2.01. The van der Waals surface area contributed by atoms with Crippen molar-refractivity contribution in [3.8, 4) is 5.75 Å². The van der Waals surface area contributed by atoms with Gasteiger partial charge in [0.2, 0.25) is 0 Å². The molecule has 0 fully saturated rings. The third-order valence-corrected chi connectivity index (χ3v) is 2.54. The van der Waals surface area contributed by atoms with Crippen molar-refractivity contribution in [3.05, 3.63) is 30.3 Å². The molecule has 1 rings (SSSR count). The summed E-state index contributed by atoms with van der Waals surface area (Å²) < 4.78 is 5.66. The van der Waals surface area contributed by atoms with Crippen molar-refractivity contribution in [1.82, 2.24) is 10.2 Å². The average Bonchev–Trinajstić information content (AvgIpc) is 2.35.